The van der Waals surface area contributed by atoms with Crippen molar-refractivity contribution in [3.8, 4) is 5.75 Å². The molecule has 22 heavy (non-hydrogen) atoms. The summed E-state index contributed by atoms with van der Waals surface area (Å²) in [6.07, 6.45) is 1.05. The van der Waals surface area contributed by atoms with E-state index in [1.807, 2.05) is 30.3 Å². The SMILES string of the molecule is C=CC(=O)Oc1ccccc1C(=O)COCc1ccccc1. The van der Waals surface area contributed by atoms with Crippen LogP contribution in [0.15, 0.2) is 67.3 Å². The highest BCUT2D eigenvalue weighted by Gasteiger charge is 2.14. The molecule has 0 N–H and O–H groups in total. The number of Topliss-reactive ketones (excluding diaryl/α,β-unsaturated/α-hetero) is 1. The molecule has 0 saturated heterocycles. The van der Waals surface area contributed by atoms with Gasteiger partial charge in [0, 0.05) is 6.08 Å². The predicted octanol–water partition coefficient (Wildman–Crippen LogP) is 3.18. The molecular formula is C18H16O4. The van der Waals surface area contributed by atoms with Gasteiger partial charge in [-0.1, -0.05) is 49.0 Å². The van der Waals surface area contributed by atoms with E-state index in [9.17, 15) is 9.59 Å². The van der Waals surface area contributed by atoms with Gasteiger partial charge in [0.05, 0.1) is 12.2 Å². The number of hydrogen-bond acceptors (Lipinski definition) is 4. The second kappa shape index (κ2) is 7.90. The van der Waals surface area contributed by atoms with Gasteiger partial charge < -0.3 is 9.47 Å². The van der Waals surface area contributed by atoms with E-state index in [4.69, 9.17) is 9.47 Å². The second-order valence-corrected chi connectivity index (χ2v) is 4.52. The Kier molecular flexibility index (Phi) is 5.63. The molecule has 0 fully saturated rings. The average molecular weight is 296 g/mol. The lowest BCUT2D eigenvalue weighted by molar-refractivity contribution is -0.128. The molecule has 4 nitrogen and oxygen atoms in total. The number of rotatable bonds is 7. The molecule has 4 heteroatoms. The molecule has 0 unspecified atom stereocenters. The third-order valence-corrected chi connectivity index (χ3v) is 2.91. The first-order valence-corrected chi connectivity index (χ1v) is 6.79. The first kappa shape index (κ1) is 15.7. The highest BCUT2D eigenvalue weighted by molar-refractivity contribution is 6.00. The maximum Gasteiger partial charge on any atom is 0.335 e. The van der Waals surface area contributed by atoms with Crippen LogP contribution >= 0.6 is 0 Å². The third kappa shape index (κ3) is 4.40. The van der Waals surface area contributed by atoms with Crippen LogP contribution in [0.4, 0.5) is 0 Å². The highest BCUT2D eigenvalue weighted by Crippen LogP contribution is 2.19. The Labute approximate surface area is 129 Å². The number of ether oxygens (including phenoxy) is 2. The lowest BCUT2D eigenvalue weighted by Gasteiger charge is -2.08. The summed E-state index contributed by atoms with van der Waals surface area (Å²) in [5, 5.41) is 0. The molecule has 0 aliphatic heterocycles. The van der Waals surface area contributed by atoms with Crippen molar-refractivity contribution in [3.63, 3.8) is 0 Å². The molecule has 112 valence electrons. The first-order chi connectivity index (χ1) is 10.7. The van der Waals surface area contributed by atoms with Gasteiger partial charge in [0.15, 0.2) is 5.78 Å². The maximum atomic E-state index is 12.2. The minimum Gasteiger partial charge on any atom is -0.423 e. The van der Waals surface area contributed by atoms with E-state index in [1.54, 1.807) is 24.3 Å². The van der Waals surface area contributed by atoms with Crippen molar-refractivity contribution in [3.05, 3.63) is 78.4 Å². The van der Waals surface area contributed by atoms with E-state index in [2.05, 4.69) is 6.58 Å². The van der Waals surface area contributed by atoms with E-state index >= 15 is 0 Å². The van der Waals surface area contributed by atoms with Crippen LogP contribution in [0.5, 0.6) is 5.75 Å². The van der Waals surface area contributed by atoms with E-state index in [1.165, 1.54) is 0 Å². The van der Waals surface area contributed by atoms with Crippen LogP contribution in [0, 0.1) is 0 Å². The number of esters is 1. The zero-order valence-corrected chi connectivity index (χ0v) is 12.0. The summed E-state index contributed by atoms with van der Waals surface area (Å²) >= 11 is 0. The Balaban J connectivity index is 1.97. The van der Waals surface area contributed by atoms with Gasteiger partial charge in [0.25, 0.3) is 0 Å². The van der Waals surface area contributed by atoms with Gasteiger partial charge in [-0.15, -0.1) is 0 Å². The second-order valence-electron chi connectivity index (χ2n) is 4.52. The van der Waals surface area contributed by atoms with Gasteiger partial charge in [0.2, 0.25) is 0 Å². The molecular weight excluding hydrogens is 280 g/mol. The number of carbonyl (C=O) groups excluding carboxylic acids is 2. The molecule has 0 atom stereocenters. The van der Waals surface area contributed by atoms with Crippen molar-refractivity contribution in [2.24, 2.45) is 0 Å². The van der Waals surface area contributed by atoms with Crippen molar-refractivity contribution in [2.75, 3.05) is 6.61 Å². The fraction of sp³-hybridized carbons (Fsp3) is 0.111. The Morgan fingerprint density at radius 1 is 1.00 bits per heavy atom. The van der Waals surface area contributed by atoms with Gasteiger partial charge in [0.1, 0.15) is 12.4 Å². The fourth-order valence-electron chi connectivity index (χ4n) is 1.85. The highest BCUT2D eigenvalue weighted by atomic mass is 16.5. The van der Waals surface area contributed by atoms with Crippen LogP contribution in [0.3, 0.4) is 0 Å². The van der Waals surface area contributed by atoms with Crippen molar-refractivity contribution < 1.29 is 19.1 Å². The average Bonchev–Trinajstić information content (AvgIpc) is 2.56. The number of benzene rings is 2. The number of carbonyl (C=O) groups is 2. The molecule has 0 spiro atoms. The third-order valence-electron chi connectivity index (χ3n) is 2.91. The standard InChI is InChI=1S/C18H16O4/c1-2-18(20)22-17-11-7-6-10-15(17)16(19)13-21-12-14-8-4-3-5-9-14/h2-11H,1,12-13H2. The molecule has 2 aromatic rings. The largest absolute Gasteiger partial charge is 0.423 e. The van der Waals surface area contributed by atoms with Gasteiger partial charge in [-0.25, -0.2) is 4.79 Å². The van der Waals surface area contributed by atoms with Crippen molar-refractivity contribution in [1.29, 1.82) is 0 Å². The first-order valence-electron chi connectivity index (χ1n) is 6.79. The Hall–Kier alpha value is -2.72. The molecule has 2 rings (SSSR count). The smallest absolute Gasteiger partial charge is 0.335 e. The Morgan fingerprint density at radius 2 is 1.68 bits per heavy atom. The number of hydrogen-bond donors (Lipinski definition) is 0. The Bertz CT molecular complexity index is 662. The van der Waals surface area contributed by atoms with Crippen molar-refractivity contribution in [2.45, 2.75) is 6.61 Å². The van der Waals surface area contributed by atoms with Crippen molar-refractivity contribution >= 4 is 11.8 Å². The lowest BCUT2D eigenvalue weighted by Crippen LogP contribution is -2.13. The molecule has 0 aliphatic carbocycles. The maximum absolute atomic E-state index is 12.2. The summed E-state index contributed by atoms with van der Waals surface area (Å²) in [6, 6.07) is 16.1. The molecule has 0 saturated carbocycles. The van der Waals surface area contributed by atoms with Crippen LogP contribution in [0.2, 0.25) is 0 Å². The van der Waals surface area contributed by atoms with E-state index in [0.717, 1.165) is 11.6 Å². The van der Waals surface area contributed by atoms with Gasteiger partial charge in [-0.3, -0.25) is 4.79 Å². The van der Waals surface area contributed by atoms with E-state index in [0.29, 0.717) is 12.2 Å². The lowest BCUT2D eigenvalue weighted by atomic mass is 10.1. The molecule has 0 bridgehead atoms. The van der Waals surface area contributed by atoms with Gasteiger partial charge in [-0.05, 0) is 17.7 Å². The fourth-order valence-corrected chi connectivity index (χ4v) is 1.85. The molecule has 2 aromatic carbocycles. The number of para-hydroxylation sites is 1. The van der Waals surface area contributed by atoms with Crippen LogP contribution < -0.4 is 4.74 Å². The summed E-state index contributed by atoms with van der Waals surface area (Å²) < 4.78 is 10.5. The predicted molar refractivity (Wildman–Crippen MR) is 82.7 cm³/mol. The zero-order chi connectivity index (χ0) is 15.8. The molecule has 0 aliphatic rings. The summed E-state index contributed by atoms with van der Waals surface area (Å²) in [5.74, 6) is -0.644. The summed E-state index contributed by atoms with van der Waals surface area (Å²) in [6.45, 7) is 3.59. The van der Waals surface area contributed by atoms with Gasteiger partial charge in [-0.2, -0.15) is 0 Å². The van der Waals surface area contributed by atoms with E-state index in [-0.39, 0.29) is 18.1 Å². The topological polar surface area (TPSA) is 52.6 Å². The molecule has 0 heterocycles. The Morgan fingerprint density at radius 3 is 2.41 bits per heavy atom. The van der Waals surface area contributed by atoms with E-state index < -0.39 is 5.97 Å². The van der Waals surface area contributed by atoms with Crippen LogP contribution in [-0.2, 0) is 16.1 Å². The zero-order valence-electron chi connectivity index (χ0n) is 12.0. The summed E-state index contributed by atoms with van der Waals surface area (Å²) in [5.41, 5.74) is 1.30. The summed E-state index contributed by atoms with van der Waals surface area (Å²) in [7, 11) is 0. The number of ketones is 1. The quantitative estimate of drug-likeness (QED) is 0.341. The monoisotopic (exact) mass is 296 g/mol. The minimum atomic E-state index is -0.606. The normalized spacial score (nSPS) is 10.0. The molecule has 0 radical (unpaired) electrons. The molecule has 0 amide bonds. The van der Waals surface area contributed by atoms with Crippen LogP contribution in [0.1, 0.15) is 15.9 Å². The molecule has 0 aromatic heterocycles. The van der Waals surface area contributed by atoms with Crippen LogP contribution in [0.25, 0.3) is 0 Å². The van der Waals surface area contributed by atoms with Crippen LogP contribution in [-0.4, -0.2) is 18.4 Å². The van der Waals surface area contributed by atoms with Crippen molar-refractivity contribution in [1.82, 2.24) is 0 Å². The van der Waals surface area contributed by atoms with Gasteiger partial charge >= 0.3 is 5.97 Å². The summed E-state index contributed by atoms with van der Waals surface area (Å²) in [4.78, 5) is 23.5. The minimum absolute atomic E-state index is 0.0858.